The van der Waals surface area contributed by atoms with Crippen molar-refractivity contribution in [3.05, 3.63) is 35.9 Å². The number of carbonyl (C=O) groups is 1. The molecule has 2 unspecified atom stereocenters. The van der Waals surface area contributed by atoms with E-state index in [9.17, 15) is 4.79 Å². The van der Waals surface area contributed by atoms with Crippen molar-refractivity contribution in [1.29, 1.82) is 0 Å². The second-order valence-corrected chi connectivity index (χ2v) is 5.41. The first-order valence-corrected chi connectivity index (χ1v) is 6.09. The largest absolute Gasteiger partial charge is 0.323 e. The van der Waals surface area contributed by atoms with E-state index >= 15 is 0 Å². The molecule has 100 valence electrons. The fraction of sp³-hybridized carbons (Fsp3) is 0.500. The van der Waals surface area contributed by atoms with Crippen LogP contribution in [0.1, 0.15) is 39.3 Å². The molecular weight excluding hydrogens is 228 g/mol. The van der Waals surface area contributed by atoms with Crippen molar-refractivity contribution in [3.8, 4) is 0 Å². The number of hydrogen-bond donors (Lipinski definition) is 2. The van der Waals surface area contributed by atoms with Crippen LogP contribution in [-0.2, 0) is 9.63 Å². The van der Waals surface area contributed by atoms with Gasteiger partial charge in [0.1, 0.15) is 0 Å². The molecule has 4 nitrogen and oxygen atoms in total. The van der Waals surface area contributed by atoms with E-state index in [-0.39, 0.29) is 17.9 Å². The highest BCUT2D eigenvalue weighted by atomic mass is 16.7. The molecule has 0 aliphatic carbocycles. The molecule has 0 heterocycles. The number of rotatable bonds is 4. The van der Waals surface area contributed by atoms with Gasteiger partial charge in [-0.2, -0.15) is 0 Å². The summed E-state index contributed by atoms with van der Waals surface area (Å²) in [5.74, 6) is -0.559. The molecule has 0 aliphatic heterocycles. The van der Waals surface area contributed by atoms with Gasteiger partial charge in [-0.3, -0.25) is 9.63 Å². The van der Waals surface area contributed by atoms with Crippen molar-refractivity contribution < 1.29 is 9.63 Å². The zero-order valence-corrected chi connectivity index (χ0v) is 11.4. The number of nitrogens with one attached hydrogen (secondary N) is 1. The second-order valence-electron chi connectivity index (χ2n) is 5.41. The minimum Gasteiger partial charge on any atom is -0.323 e. The van der Waals surface area contributed by atoms with E-state index in [1.54, 1.807) is 6.92 Å². The molecule has 0 aliphatic rings. The average Bonchev–Trinajstić information content (AvgIpc) is 2.34. The van der Waals surface area contributed by atoms with Crippen molar-refractivity contribution in [2.45, 2.75) is 39.3 Å². The normalized spacial score (nSPS) is 14.9. The third-order valence-corrected chi connectivity index (χ3v) is 2.59. The smallest absolute Gasteiger partial charge is 0.248 e. The van der Waals surface area contributed by atoms with Crippen molar-refractivity contribution in [3.63, 3.8) is 0 Å². The number of hydroxylamine groups is 1. The van der Waals surface area contributed by atoms with Crippen molar-refractivity contribution in [1.82, 2.24) is 5.48 Å². The van der Waals surface area contributed by atoms with Crippen LogP contribution in [0.25, 0.3) is 0 Å². The minimum atomic E-state index is -0.410. The Kier molecular flexibility index (Phi) is 4.87. The molecule has 0 aromatic heterocycles. The van der Waals surface area contributed by atoms with Crippen LogP contribution < -0.4 is 11.2 Å². The number of nitrogens with two attached hydrogens (primary N) is 1. The first-order chi connectivity index (χ1) is 8.31. The number of benzene rings is 1. The lowest BCUT2D eigenvalue weighted by molar-refractivity contribution is -0.149. The molecule has 1 aromatic rings. The highest BCUT2D eigenvalue weighted by Crippen LogP contribution is 2.19. The Morgan fingerprint density at radius 3 is 2.33 bits per heavy atom. The summed E-state index contributed by atoms with van der Waals surface area (Å²) in [6, 6.07) is 9.23. The molecule has 0 saturated carbocycles. The van der Waals surface area contributed by atoms with Crippen LogP contribution in [0.3, 0.4) is 0 Å². The lowest BCUT2D eigenvalue weighted by Gasteiger charge is -2.23. The zero-order chi connectivity index (χ0) is 13.8. The molecule has 1 aromatic carbocycles. The molecule has 0 bridgehead atoms. The van der Waals surface area contributed by atoms with Gasteiger partial charge in [-0.1, -0.05) is 37.3 Å². The Balaban J connectivity index is 2.59. The Labute approximate surface area is 108 Å². The zero-order valence-electron chi connectivity index (χ0n) is 11.4. The molecule has 1 amide bonds. The average molecular weight is 250 g/mol. The molecule has 1 rings (SSSR count). The van der Waals surface area contributed by atoms with Crippen LogP contribution in [0.5, 0.6) is 0 Å². The van der Waals surface area contributed by atoms with Gasteiger partial charge < -0.3 is 5.73 Å². The lowest BCUT2D eigenvalue weighted by Crippen LogP contribution is -2.39. The van der Waals surface area contributed by atoms with Crippen LogP contribution in [0, 0.1) is 5.92 Å². The van der Waals surface area contributed by atoms with Gasteiger partial charge in [0.2, 0.25) is 5.91 Å². The van der Waals surface area contributed by atoms with Crippen LogP contribution in [0.4, 0.5) is 0 Å². The van der Waals surface area contributed by atoms with Gasteiger partial charge in [0, 0.05) is 6.04 Å². The van der Waals surface area contributed by atoms with Gasteiger partial charge in [-0.15, -0.1) is 0 Å². The number of carbonyl (C=O) groups excluding carboxylic acids is 1. The van der Waals surface area contributed by atoms with Crippen LogP contribution in [0.2, 0.25) is 0 Å². The summed E-state index contributed by atoms with van der Waals surface area (Å²) in [6.07, 6.45) is 0. The molecule has 0 spiro atoms. The Bertz CT molecular complexity index is 385. The highest BCUT2D eigenvalue weighted by molar-refractivity contribution is 5.78. The van der Waals surface area contributed by atoms with E-state index in [0.717, 1.165) is 5.56 Å². The predicted molar refractivity (Wildman–Crippen MR) is 71.5 cm³/mol. The van der Waals surface area contributed by atoms with Crippen molar-refractivity contribution in [2.75, 3.05) is 0 Å². The number of hydrogen-bond acceptors (Lipinski definition) is 3. The maximum atomic E-state index is 11.9. The van der Waals surface area contributed by atoms with E-state index in [1.165, 1.54) is 0 Å². The summed E-state index contributed by atoms with van der Waals surface area (Å²) in [7, 11) is 0. The molecular formula is C14H22N2O2. The molecule has 18 heavy (non-hydrogen) atoms. The molecule has 2 atom stereocenters. The maximum Gasteiger partial charge on any atom is 0.248 e. The second kappa shape index (κ2) is 5.98. The number of amides is 1. The molecule has 0 fully saturated rings. The third kappa shape index (κ3) is 4.47. The first kappa shape index (κ1) is 14.7. The van der Waals surface area contributed by atoms with E-state index in [4.69, 9.17) is 10.6 Å². The van der Waals surface area contributed by atoms with Crippen LogP contribution in [0.15, 0.2) is 30.3 Å². The predicted octanol–water partition coefficient (Wildman–Crippen LogP) is 2.17. The van der Waals surface area contributed by atoms with Gasteiger partial charge in [0.05, 0.1) is 11.5 Å². The summed E-state index contributed by atoms with van der Waals surface area (Å²) in [6.45, 7) is 7.40. The summed E-state index contributed by atoms with van der Waals surface area (Å²) in [5, 5.41) is 0. The first-order valence-electron chi connectivity index (χ1n) is 6.09. The molecule has 0 radical (unpaired) electrons. The maximum absolute atomic E-state index is 11.9. The van der Waals surface area contributed by atoms with Gasteiger partial charge >= 0.3 is 0 Å². The van der Waals surface area contributed by atoms with Crippen molar-refractivity contribution in [2.24, 2.45) is 11.7 Å². The van der Waals surface area contributed by atoms with Crippen molar-refractivity contribution >= 4 is 5.91 Å². The fourth-order valence-electron chi connectivity index (χ4n) is 1.42. The van der Waals surface area contributed by atoms with Gasteiger partial charge in [0.25, 0.3) is 0 Å². The summed E-state index contributed by atoms with van der Waals surface area (Å²) in [5.41, 5.74) is 9.05. The third-order valence-electron chi connectivity index (χ3n) is 2.59. The standard InChI is InChI=1S/C14H22N2O2/c1-10(13(17)16-18-14(2,3)4)12(15)11-8-6-5-7-9-11/h5-10,12H,15H2,1-4H3,(H,16,17). The van der Waals surface area contributed by atoms with E-state index in [2.05, 4.69) is 5.48 Å². The summed E-state index contributed by atoms with van der Waals surface area (Å²) < 4.78 is 0. The molecule has 0 saturated heterocycles. The fourth-order valence-corrected chi connectivity index (χ4v) is 1.42. The highest BCUT2D eigenvalue weighted by Gasteiger charge is 2.23. The lowest BCUT2D eigenvalue weighted by atomic mass is 9.95. The van der Waals surface area contributed by atoms with Gasteiger partial charge in [0.15, 0.2) is 0 Å². The minimum absolute atomic E-state index is 0.207. The van der Waals surface area contributed by atoms with E-state index in [1.807, 2.05) is 51.1 Å². The SMILES string of the molecule is CC(C(=O)NOC(C)(C)C)C(N)c1ccccc1. The van der Waals surface area contributed by atoms with E-state index < -0.39 is 5.60 Å². The quantitative estimate of drug-likeness (QED) is 0.805. The molecule has 3 N–H and O–H groups in total. The Morgan fingerprint density at radius 2 is 1.83 bits per heavy atom. The summed E-state index contributed by atoms with van der Waals surface area (Å²) >= 11 is 0. The monoisotopic (exact) mass is 250 g/mol. The van der Waals surface area contributed by atoms with Crippen LogP contribution in [-0.4, -0.2) is 11.5 Å². The van der Waals surface area contributed by atoms with E-state index in [0.29, 0.717) is 0 Å². The summed E-state index contributed by atoms with van der Waals surface area (Å²) in [4.78, 5) is 17.1. The van der Waals surface area contributed by atoms with Crippen LogP contribution >= 0.6 is 0 Å². The molecule has 4 heteroatoms. The van der Waals surface area contributed by atoms with Gasteiger partial charge in [-0.25, -0.2) is 5.48 Å². The van der Waals surface area contributed by atoms with Gasteiger partial charge in [-0.05, 0) is 26.3 Å². The topological polar surface area (TPSA) is 64.3 Å². The Morgan fingerprint density at radius 1 is 1.28 bits per heavy atom. The Hall–Kier alpha value is -1.39.